The first-order chi connectivity index (χ1) is 11.6. The van der Waals surface area contributed by atoms with Crippen molar-refractivity contribution in [2.75, 3.05) is 13.1 Å². The number of carbonyl (C=O) groups excluding carboxylic acids is 1. The van der Waals surface area contributed by atoms with Crippen molar-refractivity contribution in [3.63, 3.8) is 0 Å². The molecule has 1 fully saturated rings. The van der Waals surface area contributed by atoms with E-state index in [9.17, 15) is 22.8 Å². The number of ether oxygens (including phenoxy) is 1. The van der Waals surface area contributed by atoms with Crippen LogP contribution in [-0.4, -0.2) is 40.7 Å². The fraction of sp³-hybridized carbons (Fsp3) is 0.647. The highest BCUT2D eigenvalue weighted by Crippen LogP contribution is 2.28. The van der Waals surface area contributed by atoms with Crippen LogP contribution in [0.25, 0.3) is 0 Å². The lowest BCUT2D eigenvalue weighted by Gasteiger charge is -2.34. The number of hydrogen-bond donors (Lipinski definition) is 0. The largest absolute Gasteiger partial charge is 0.444 e. The molecule has 1 aromatic heterocycles. The molecular weight excluding hydrogens is 337 g/mol. The number of nitrogens with zero attached hydrogens (tertiary/aromatic N) is 2. The molecule has 1 aliphatic rings. The Morgan fingerprint density at radius 1 is 1.28 bits per heavy atom. The average molecular weight is 360 g/mol. The first kappa shape index (κ1) is 19.3. The summed E-state index contributed by atoms with van der Waals surface area (Å²) in [5.74, 6) is -0.169. The molecule has 1 amide bonds. The molecule has 0 saturated carbocycles. The molecule has 2 heterocycles. The number of piperidine rings is 1. The quantitative estimate of drug-likeness (QED) is 0.826. The maximum Gasteiger partial charge on any atom is 0.410 e. The highest BCUT2D eigenvalue weighted by Gasteiger charge is 2.29. The maximum atomic E-state index is 13.6. The van der Waals surface area contributed by atoms with Crippen molar-refractivity contribution in [3.05, 3.63) is 34.2 Å². The zero-order valence-corrected chi connectivity index (χ0v) is 14.5. The second-order valence-corrected chi connectivity index (χ2v) is 7.18. The Kier molecular flexibility index (Phi) is 5.80. The predicted octanol–water partition coefficient (Wildman–Crippen LogP) is 3.70. The fourth-order valence-corrected chi connectivity index (χ4v) is 2.82. The highest BCUT2D eigenvalue weighted by molar-refractivity contribution is 5.68. The molecule has 2 rings (SSSR count). The van der Waals surface area contributed by atoms with E-state index in [1.165, 1.54) is 6.07 Å². The summed E-state index contributed by atoms with van der Waals surface area (Å²) in [6.07, 6.45) is -3.86. The lowest BCUT2D eigenvalue weighted by molar-refractivity contribution is 0.00564. The van der Waals surface area contributed by atoms with E-state index >= 15 is 0 Å². The standard InChI is InChI=1S/C17H23F3N2O3/c1-17(2,3)25-16(24)21-8-4-5-11(9-21)12-6-7-13(23)22(10-12)15(20)14(18)19/h6-7,10-11,14-15H,4-5,8-9H2,1-3H3. The van der Waals surface area contributed by atoms with Gasteiger partial charge in [-0.05, 0) is 39.2 Å². The molecule has 0 aromatic carbocycles. The molecule has 0 bridgehead atoms. The van der Waals surface area contributed by atoms with Gasteiger partial charge in [0.2, 0.25) is 6.30 Å². The first-order valence-corrected chi connectivity index (χ1v) is 8.21. The van der Waals surface area contributed by atoms with Crippen LogP contribution in [0.4, 0.5) is 18.0 Å². The van der Waals surface area contributed by atoms with E-state index in [2.05, 4.69) is 0 Å². The molecule has 1 saturated heterocycles. The van der Waals surface area contributed by atoms with Gasteiger partial charge in [0.1, 0.15) is 5.60 Å². The van der Waals surface area contributed by atoms with Crippen molar-refractivity contribution >= 4 is 6.09 Å². The van der Waals surface area contributed by atoms with Gasteiger partial charge in [-0.1, -0.05) is 6.07 Å². The molecule has 25 heavy (non-hydrogen) atoms. The summed E-state index contributed by atoms with van der Waals surface area (Å²) in [4.78, 5) is 25.4. The van der Waals surface area contributed by atoms with E-state index in [-0.39, 0.29) is 5.92 Å². The van der Waals surface area contributed by atoms with Gasteiger partial charge in [0.25, 0.3) is 12.0 Å². The number of carbonyl (C=O) groups is 1. The SMILES string of the molecule is CC(C)(C)OC(=O)N1CCCC(c2ccc(=O)n(C(F)C(F)F)c2)C1. The zero-order valence-electron chi connectivity index (χ0n) is 14.5. The third-order valence-electron chi connectivity index (χ3n) is 3.98. The van der Waals surface area contributed by atoms with Crippen LogP contribution < -0.4 is 5.56 Å². The Balaban J connectivity index is 2.17. The first-order valence-electron chi connectivity index (χ1n) is 8.21. The Bertz CT molecular complexity index is 670. The van der Waals surface area contributed by atoms with Crippen molar-refractivity contribution in [2.45, 2.75) is 57.9 Å². The van der Waals surface area contributed by atoms with Gasteiger partial charge in [-0.3, -0.25) is 9.36 Å². The topological polar surface area (TPSA) is 51.5 Å². The molecule has 1 aliphatic heterocycles. The summed E-state index contributed by atoms with van der Waals surface area (Å²) in [5.41, 5.74) is -0.886. The molecule has 5 nitrogen and oxygen atoms in total. The van der Waals surface area contributed by atoms with Gasteiger partial charge in [-0.15, -0.1) is 0 Å². The molecule has 0 N–H and O–H groups in total. The van der Waals surface area contributed by atoms with E-state index in [1.54, 1.807) is 25.7 Å². The second-order valence-electron chi connectivity index (χ2n) is 7.18. The van der Waals surface area contributed by atoms with E-state index in [0.29, 0.717) is 36.1 Å². The van der Waals surface area contributed by atoms with Crippen molar-refractivity contribution in [1.82, 2.24) is 9.47 Å². The number of alkyl halides is 3. The van der Waals surface area contributed by atoms with Crippen molar-refractivity contribution in [3.8, 4) is 0 Å². The summed E-state index contributed by atoms with van der Waals surface area (Å²) in [5, 5.41) is 0. The number of aromatic nitrogens is 1. The minimum Gasteiger partial charge on any atom is -0.444 e. The van der Waals surface area contributed by atoms with Gasteiger partial charge in [0.15, 0.2) is 0 Å². The number of amides is 1. The van der Waals surface area contributed by atoms with Crippen LogP contribution in [-0.2, 0) is 4.74 Å². The van der Waals surface area contributed by atoms with Crippen molar-refractivity contribution in [1.29, 1.82) is 0 Å². The summed E-state index contributed by atoms with van der Waals surface area (Å²) >= 11 is 0. The second kappa shape index (κ2) is 7.49. The number of hydrogen-bond acceptors (Lipinski definition) is 3. The molecular formula is C17H23F3N2O3. The van der Waals surface area contributed by atoms with Gasteiger partial charge < -0.3 is 9.64 Å². The number of halogens is 3. The number of pyridine rings is 1. The molecule has 2 atom stereocenters. The van der Waals surface area contributed by atoms with E-state index in [0.717, 1.165) is 12.3 Å². The van der Waals surface area contributed by atoms with Crippen LogP contribution in [0.3, 0.4) is 0 Å². The van der Waals surface area contributed by atoms with E-state index in [4.69, 9.17) is 4.74 Å². The van der Waals surface area contributed by atoms with Gasteiger partial charge in [0.05, 0.1) is 0 Å². The third kappa shape index (κ3) is 4.99. The minimum atomic E-state index is -3.28. The summed E-state index contributed by atoms with van der Waals surface area (Å²) in [6.45, 7) is 6.18. The summed E-state index contributed by atoms with van der Waals surface area (Å²) in [6, 6.07) is 2.58. The molecule has 0 radical (unpaired) electrons. The van der Waals surface area contributed by atoms with Crippen LogP contribution in [0.15, 0.2) is 23.1 Å². The maximum absolute atomic E-state index is 13.6. The molecule has 2 unspecified atom stereocenters. The molecule has 8 heteroatoms. The van der Waals surface area contributed by atoms with Crippen molar-refractivity contribution < 1.29 is 22.7 Å². The number of likely N-dealkylation sites (tertiary alicyclic amines) is 1. The van der Waals surface area contributed by atoms with Gasteiger partial charge in [-0.25, -0.2) is 18.0 Å². The Morgan fingerprint density at radius 3 is 2.56 bits per heavy atom. The van der Waals surface area contributed by atoms with Crippen LogP contribution in [0.2, 0.25) is 0 Å². The van der Waals surface area contributed by atoms with Crippen LogP contribution >= 0.6 is 0 Å². The molecule has 1 aromatic rings. The van der Waals surface area contributed by atoms with Crippen LogP contribution in [0, 0.1) is 0 Å². The van der Waals surface area contributed by atoms with E-state index < -0.39 is 30.0 Å². The monoisotopic (exact) mass is 360 g/mol. The molecule has 140 valence electrons. The minimum absolute atomic E-state index is 0.169. The lowest BCUT2D eigenvalue weighted by Crippen LogP contribution is -2.42. The van der Waals surface area contributed by atoms with Crippen molar-refractivity contribution in [2.24, 2.45) is 0 Å². The Hall–Kier alpha value is -1.99. The Labute approximate surface area is 144 Å². The van der Waals surface area contributed by atoms with E-state index in [1.807, 2.05) is 0 Å². The summed E-state index contributed by atoms with van der Waals surface area (Å²) in [7, 11) is 0. The number of rotatable bonds is 3. The van der Waals surface area contributed by atoms with Gasteiger partial charge in [0, 0.05) is 31.3 Å². The lowest BCUT2D eigenvalue weighted by atomic mass is 9.92. The Morgan fingerprint density at radius 2 is 1.96 bits per heavy atom. The van der Waals surface area contributed by atoms with Gasteiger partial charge >= 0.3 is 6.09 Å². The van der Waals surface area contributed by atoms with Crippen LogP contribution in [0.5, 0.6) is 0 Å². The van der Waals surface area contributed by atoms with Gasteiger partial charge in [-0.2, -0.15) is 0 Å². The highest BCUT2D eigenvalue weighted by atomic mass is 19.3. The average Bonchev–Trinajstić information content (AvgIpc) is 2.53. The smallest absolute Gasteiger partial charge is 0.410 e. The molecule has 0 aliphatic carbocycles. The summed E-state index contributed by atoms with van der Waals surface area (Å²) < 4.78 is 44.5. The fourth-order valence-electron chi connectivity index (χ4n) is 2.82. The normalized spacial score (nSPS) is 19.8. The molecule has 0 spiro atoms. The predicted molar refractivity (Wildman–Crippen MR) is 86.6 cm³/mol. The van der Waals surface area contributed by atoms with Crippen LogP contribution in [0.1, 0.15) is 51.4 Å². The zero-order chi connectivity index (χ0) is 18.8. The third-order valence-corrected chi connectivity index (χ3v) is 3.98.